The van der Waals surface area contributed by atoms with Gasteiger partial charge in [-0.3, -0.25) is 4.98 Å². The second kappa shape index (κ2) is 5.17. The van der Waals surface area contributed by atoms with Gasteiger partial charge in [0.2, 0.25) is 0 Å². The molecule has 0 fully saturated rings. The topological polar surface area (TPSA) is 16.1 Å². The van der Waals surface area contributed by atoms with Crippen LogP contribution >= 0.6 is 0 Å². The van der Waals surface area contributed by atoms with Crippen LogP contribution in [0.4, 0.5) is 0 Å². The number of nitrogens with zero attached hydrogens (tertiary/aromatic N) is 2. The average Bonchev–Trinajstić information content (AvgIpc) is 2.87. The number of aryl methyl sites for hydroxylation is 3. The van der Waals surface area contributed by atoms with Crippen LogP contribution in [-0.2, 0) is 25.8 Å². The largest absolute Gasteiger partial charge is 0.305 e. The summed E-state index contributed by atoms with van der Waals surface area (Å²) in [5.74, 6) is 0. The highest BCUT2D eigenvalue weighted by Gasteiger charge is 2.18. The standard InChI is InChI=1S/C18H24N2/c1-5-13-9-17-16-8-6-7-15(16)12(2)19-18(17)10-14(13)11-20(3)4/h9-10H,5-8,11H2,1-4H3. The predicted molar refractivity (Wildman–Crippen MR) is 85.3 cm³/mol. The van der Waals surface area contributed by atoms with Gasteiger partial charge < -0.3 is 4.90 Å². The maximum Gasteiger partial charge on any atom is 0.0711 e. The van der Waals surface area contributed by atoms with E-state index in [9.17, 15) is 0 Å². The quantitative estimate of drug-likeness (QED) is 0.844. The fourth-order valence-corrected chi connectivity index (χ4v) is 3.52. The van der Waals surface area contributed by atoms with Crippen LogP contribution in [0.1, 0.15) is 41.3 Å². The van der Waals surface area contributed by atoms with Crippen molar-refractivity contribution in [2.45, 2.75) is 46.1 Å². The normalized spacial score (nSPS) is 14.2. The van der Waals surface area contributed by atoms with Crippen LogP contribution in [0.2, 0.25) is 0 Å². The highest BCUT2D eigenvalue weighted by molar-refractivity contribution is 5.86. The lowest BCUT2D eigenvalue weighted by molar-refractivity contribution is 0.401. The third kappa shape index (κ3) is 2.22. The Kier molecular flexibility index (Phi) is 3.51. The number of aromatic nitrogens is 1. The molecule has 0 aliphatic heterocycles. The SMILES string of the molecule is CCc1cc2c3c(c(C)nc2cc1CN(C)C)CCC3. The molecule has 2 nitrogen and oxygen atoms in total. The molecule has 1 heterocycles. The van der Waals surface area contributed by atoms with E-state index in [4.69, 9.17) is 4.98 Å². The van der Waals surface area contributed by atoms with Crippen molar-refractivity contribution in [2.75, 3.05) is 14.1 Å². The lowest BCUT2D eigenvalue weighted by atomic mass is 9.96. The highest BCUT2D eigenvalue weighted by atomic mass is 15.0. The van der Waals surface area contributed by atoms with Crippen LogP contribution in [0.15, 0.2) is 12.1 Å². The molecule has 1 aromatic carbocycles. The minimum absolute atomic E-state index is 0.997. The Morgan fingerprint density at radius 1 is 1.10 bits per heavy atom. The summed E-state index contributed by atoms with van der Waals surface area (Å²) in [6.07, 6.45) is 4.83. The Balaban J connectivity index is 2.23. The van der Waals surface area contributed by atoms with E-state index in [0.29, 0.717) is 0 Å². The maximum atomic E-state index is 4.87. The van der Waals surface area contributed by atoms with Crippen LogP contribution in [0.5, 0.6) is 0 Å². The predicted octanol–water partition coefficient (Wildman–Crippen LogP) is 3.66. The van der Waals surface area contributed by atoms with Gasteiger partial charge in [-0.1, -0.05) is 6.92 Å². The highest BCUT2D eigenvalue weighted by Crippen LogP contribution is 2.32. The molecule has 1 aromatic heterocycles. The zero-order chi connectivity index (χ0) is 14.3. The smallest absolute Gasteiger partial charge is 0.0711 e. The summed E-state index contributed by atoms with van der Waals surface area (Å²) in [6, 6.07) is 4.73. The molecule has 1 aliphatic rings. The Labute approximate surface area is 121 Å². The Morgan fingerprint density at radius 2 is 1.85 bits per heavy atom. The van der Waals surface area contributed by atoms with Gasteiger partial charge in [-0.25, -0.2) is 0 Å². The fourth-order valence-electron chi connectivity index (χ4n) is 3.52. The summed E-state index contributed by atoms with van der Waals surface area (Å²) in [5.41, 5.74) is 8.42. The summed E-state index contributed by atoms with van der Waals surface area (Å²) >= 11 is 0. The monoisotopic (exact) mass is 268 g/mol. The zero-order valence-electron chi connectivity index (χ0n) is 13.1. The third-order valence-electron chi connectivity index (χ3n) is 4.45. The molecule has 0 amide bonds. The molecule has 0 saturated heterocycles. The molecule has 0 N–H and O–H groups in total. The summed E-state index contributed by atoms with van der Waals surface area (Å²) < 4.78 is 0. The number of hydrogen-bond donors (Lipinski definition) is 0. The number of hydrogen-bond acceptors (Lipinski definition) is 2. The minimum atomic E-state index is 0.997. The van der Waals surface area contributed by atoms with E-state index in [-0.39, 0.29) is 0 Å². The number of benzene rings is 1. The van der Waals surface area contributed by atoms with E-state index >= 15 is 0 Å². The van der Waals surface area contributed by atoms with E-state index in [1.54, 1.807) is 5.56 Å². The molecule has 2 aromatic rings. The van der Waals surface area contributed by atoms with Gasteiger partial charge in [-0.15, -0.1) is 0 Å². The van der Waals surface area contributed by atoms with Gasteiger partial charge in [-0.05, 0) is 81.1 Å². The number of rotatable bonds is 3. The van der Waals surface area contributed by atoms with Gasteiger partial charge in [0.15, 0.2) is 0 Å². The Bertz CT molecular complexity index is 656. The molecule has 0 unspecified atom stereocenters. The van der Waals surface area contributed by atoms with Crippen LogP contribution < -0.4 is 0 Å². The third-order valence-corrected chi connectivity index (χ3v) is 4.45. The Hall–Kier alpha value is -1.41. The molecule has 1 aliphatic carbocycles. The van der Waals surface area contributed by atoms with Crippen LogP contribution in [0.3, 0.4) is 0 Å². The van der Waals surface area contributed by atoms with E-state index in [1.165, 1.54) is 52.5 Å². The molecule has 106 valence electrons. The van der Waals surface area contributed by atoms with Gasteiger partial charge >= 0.3 is 0 Å². The molecule has 3 rings (SSSR count). The van der Waals surface area contributed by atoms with Crippen molar-refractivity contribution >= 4 is 10.9 Å². The van der Waals surface area contributed by atoms with E-state index in [2.05, 4.69) is 45.0 Å². The first-order chi connectivity index (χ1) is 9.60. The molecule has 0 spiro atoms. The second-order valence-corrected chi connectivity index (χ2v) is 6.24. The molecule has 20 heavy (non-hydrogen) atoms. The molecular formula is C18H24N2. The van der Waals surface area contributed by atoms with E-state index < -0.39 is 0 Å². The van der Waals surface area contributed by atoms with E-state index in [0.717, 1.165) is 13.0 Å². The molecule has 0 saturated carbocycles. The molecule has 0 radical (unpaired) electrons. The van der Waals surface area contributed by atoms with Crippen molar-refractivity contribution in [2.24, 2.45) is 0 Å². The van der Waals surface area contributed by atoms with Gasteiger partial charge in [0.05, 0.1) is 5.52 Å². The maximum absolute atomic E-state index is 4.87. The number of pyridine rings is 1. The van der Waals surface area contributed by atoms with Crippen LogP contribution in [0, 0.1) is 6.92 Å². The van der Waals surface area contributed by atoms with Crippen LogP contribution in [0.25, 0.3) is 10.9 Å². The lowest BCUT2D eigenvalue weighted by Crippen LogP contribution is -2.12. The zero-order valence-corrected chi connectivity index (χ0v) is 13.1. The average molecular weight is 268 g/mol. The molecular weight excluding hydrogens is 244 g/mol. The second-order valence-electron chi connectivity index (χ2n) is 6.24. The van der Waals surface area contributed by atoms with Crippen molar-refractivity contribution < 1.29 is 0 Å². The minimum Gasteiger partial charge on any atom is -0.305 e. The summed E-state index contributed by atoms with van der Waals surface area (Å²) in [6.45, 7) is 5.42. The molecule has 2 heteroatoms. The van der Waals surface area contributed by atoms with Crippen molar-refractivity contribution in [3.8, 4) is 0 Å². The van der Waals surface area contributed by atoms with Gasteiger partial charge in [0.1, 0.15) is 0 Å². The van der Waals surface area contributed by atoms with Gasteiger partial charge in [0, 0.05) is 17.6 Å². The first-order valence-electron chi connectivity index (χ1n) is 7.68. The van der Waals surface area contributed by atoms with E-state index in [1.807, 2.05) is 0 Å². The lowest BCUT2D eigenvalue weighted by Gasteiger charge is -2.16. The first-order valence-corrected chi connectivity index (χ1v) is 7.68. The summed E-state index contributed by atoms with van der Waals surface area (Å²) in [7, 11) is 4.26. The van der Waals surface area contributed by atoms with Gasteiger partial charge in [-0.2, -0.15) is 0 Å². The van der Waals surface area contributed by atoms with Crippen LogP contribution in [-0.4, -0.2) is 24.0 Å². The van der Waals surface area contributed by atoms with Crippen molar-refractivity contribution in [3.05, 3.63) is 40.1 Å². The molecule has 0 bridgehead atoms. The van der Waals surface area contributed by atoms with Gasteiger partial charge in [0.25, 0.3) is 0 Å². The number of fused-ring (bicyclic) bond motifs is 3. The fraction of sp³-hybridized carbons (Fsp3) is 0.500. The van der Waals surface area contributed by atoms with Crippen molar-refractivity contribution in [3.63, 3.8) is 0 Å². The summed E-state index contributed by atoms with van der Waals surface area (Å²) in [4.78, 5) is 7.11. The van der Waals surface area contributed by atoms with Crippen molar-refractivity contribution in [1.29, 1.82) is 0 Å². The first kappa shape index (κ1) is 13.6. The molecule has 0 atom stereocenters. The Morgan fingerprint density at radius 3 is 2.55 bits per heavy atom. The van der Waals surface area contributed by atoms with Crippen molar-refractivity contribution in [1.82, 2.24) is 9.88 Å². The summed E-state index contributed by atoms with van der Waals surface area (Å²) in [5, 5.41) is 1.41.